The van der Waals surface area contributed by atoms with Gasteiger partial charge in [-0.15, -0.1) is 0 Å². The van der Waals surface area contributed by atoms with E-state index in [1.54, 1.807) is 37.3 Å². The van der Waals surface area contributed by atoms with Crippen molar-refractivity contribution in [2.45, 2.75) is 19.1 Å². The maximum Gasteiger partial charge on any atom is 0.416 e. The number of amides is 1. The number of aliphatic imine (C=N–C) groups is 1. The van der Waals surface area contributed by atoms with Gasteiger partial charge in [-0.05, 0) is 60.5 Å². The molecule has 0 aliphatic carbocycles. The molecule has 2 heterocycles. The molecule has 1 fully saturated rings. The van der Waals surface area contributed by atoms with E-state index in [-0.39, 0.29) is 28.6 Å². The lowest BCUT2D eigenvalue weighted by Crippen LogP contribution is -2.51. The van der Waals surface area contributed by atoms with Gasteiger partial charge in [0.1, 0.15) is 18.3 Å². The molecule has 3 aromatic rings. The molecular weight excluding hydrogens is 476 g/mol. The molecule has 2 aliphatic rings. The monoisotopic (exact) mass is 498 g/mol. The van der Waals surface area contributed by atoms with Gasteiger partial charge in [0.15, 0.2) is 0 Å². The Labute approximate surface area is 204 Å². The number of hydrogen-bond acceptors (Lipinski definition) is 5. The van der Waals surface area contributed by atoms with Gasteiger partial charge < -0.3 is 20.7 Å². The van der Waals surface area contributed by atoms with E-state index in [4.69, 9.17) is 10.5 Å². The zero-order valence-corrected chi connectivity index (χ0v) is 19.2. The van der Waals surface area contributed by atoms with Crippen molar-refractivity contribution in [3.05, 3.63) is 82.7 Å². The molecule has 186 valence electrons. The van der Waals surface area contributed by atoms with Gasteiger partial charge in [0.2, 0.25) is 0 Å². The van der Waals surface area contributed by atoms with E-state index in [2.05, 4.69) is 10.3 Å². The van der Waals surface area contributed by atoms with E-state index in [1.807, 2.05) is 4.90 Å². The highest BCUT2D eigenvalue weighted by Gasteiger charge is 2.33. The minimum Gasteiger partial charge on any atom is -0.383 e. The number of amidine groups is 1. The van der Waals surface area contributed by atoms with Crippen LogP contribution in [0.1, 0.15) is 27.0 Å². The molecule has 3 aromatic carbocycles. The predicted octanol–water partition coefficient (Wildman–Crippen LogP) is 4.95. The molecular formula is C26H22F4N4O2. The summed E-state index contributed by atoms with van der Waals surface area (Å²) in [6.07, 6.45) is -4.57. The van der Waals surface area contributed by atoms with E-state index < -0.39 is 23.5 Å². The third-order valence-corrected chi connectivity index (χ3v) is 6.38. The van der Waals surface area contributed by atoms with Gasteiger partial charge >= 0.3 is 6.18 Å². The van der Waals surface area contributed by atoms with Crippen LogP contribution in [0.4, 0.5) is 28.9 Å². The number of nitrogens with one attached hydrogen (secondary N) is 1. The number of nitrogens with zero attached hydrogens (tertiary/aromatic N) is 2. The number of alkyl halides is 3. The highest BCUT2D eigenvalue weighted by Crippen LogP contribution is 2.37. The fourth-order valence-corrected chi connectivity index (χ4v) is 4.31. The van der Waals surface area contributed by atoms with Crippen molar-refractivity contribution in [1.82, 2.24) is 0 Å². The third kappa shape index (κ3) is 4.28. The maximum absolute atomic E-state index is 15.8. The second kappa shape index (κ2) is 8.94. The summed E-state index contributed by atoms with van der Waals surface area (Å²) in [5.41, 5.74) is 7.69. The first-order valence-electron chi connectivity index (χ1n) is 11.2. The lowest BCUT2D eigenvalue weighted by Gasteiger charge is -2.40. The van der Waals surface area contributed by atoms with Gasteiger partial charge in [-0.1, -0.05) is 12.1 Å². The molecule has 2 aliphatic heterocycles. The Balaban J connectivity index is 1.47. The molecule has 0 spiro atoms. The lowest BCUT2D eigenvalue weighted by molar-refractivity contribution is -0.137. The van der Waals surface area contributed by atoms with Crippen LogP contribution in [0.5, 0.6) is 0 Å². The van der Waals surface area contributed by atoms with Gasteiger partial charge in [0, 0.05) is 16.8 Å². The Morgan fingerprint density at radius 3 is 2.58 bits per heavy atom. The molecule has 3 N–H and O–H groups in total. The molecule has 36 heavy (non-hydrogen) atoms. The molecule has 0 unspecified atom stereocenters. The Morgan fingerprint density at radius 2 is 1.89 bits per heavy atom. The van der Waals surface area contributed by atoms with Gasteiger partial charge in [0.25, 0.3) is 5.91 Å². The van der Waals surface area contributed by atoms with Crippen LogP contribution in [0.2, 0.25) is 0 Å². The van der Waals surface area contributed by atoms with Crippen molar-refractivity contribution in [2.24, 2.45) is 10.7 Å². The van der Waals surface area contributed by atoms with Crippen LogP contribution in [0.3, 0.4) is 0 Å². The molecule has 0 radical (unpaired) electrons. The Morgan fingerprint density at radius 1 is 1.11 bits per heavy atom. The summed E-state index contributed by atoms with van der Waals surface area (Å²) >= 11 is 0. The quantitative estimate of drug-likeness (QED) is 0.499. The summed E-state index contributed by atoms with van der Waals surface area (Å²) in [5.74, 6) is -1.15. The lowest BCUT2D eigenvalue weighted by atomic mass is 9.95. The van der Waals surface area contributed by atoms with E-state index in [0.29, 0.717) is 36.8 Å². The van der Waals surface area contributed by atoms with Crippen LogP contribution in [0.25, 0.3) is 11.1 Å². The standard InChI is InChI=1S/C26H22F4N4O2/c1-14-5-6-17(33-25(35)15-3-2-4-16(9-15)26(28,29)30)10-20(14)19-7-8-21-22(23(19)27)24(31)32-13-34(21)18-11-36-12-18/h2-10,18H,11-13H2,1H3,(H2,31,32)(H,33,35). The first-order chi connectivity index (χ1) is 17.1. The summed E-state index contributed by atoms with van der Waals surface area (Å²) < 4.78 is 60.2. The van der Waals surface area contributed by atoms with Crippen molar-refractivity contribution in [1.29, 1.82) is 0 Å². The summed E-state index contributed by atoms with van der Waals surface area (Å²) in [4.78, 5) is 18.9. The molecule has 6 nitrogen and oxygen atoms in total. The number of anilines is 2. The van der Waals surface area contributed by atoms with E-state index >= 15 is 4.39 Å². The Kier molecular flexibility index (Phi) is 5.91. The molecule has 0 atom stereocenters. The smallest absolute Gasteiger partial charge is 0.383 e. The predicted molar refractivity (Wildman–Crippen MR) is 129 cm³/mol. The van der Waals surface area contributed by atoms with Crippen molar-refractivity contribution >= 4 is 23.1 Å². The van der Waals surface area contributed by atoms with Crippen LogP contribution < -0.4 is 16.0 Å². The number of carbonyl (C=O) groups excluding carboxylic acids is 1. The molecule has 0 bridgehead atoms. The fourth-order valence-electron chi connectivity index (χ4n) is 4.31. The third-order valence-electron chi connectivity index (χ3n) is 6.38. The van der Waals surface area contributed by atoms with Crippen molar-refractivity contribution in [3.63, 3.8) is 0 Å². The van der Waals surface area contributed by atoms with Crippen LogP contribution in [-0.2, 0) is 10.9 Å². The van der Waals surface area contributed by atoms with Gasteiger partial charge in [0.05, 0.1) is 36.1 Å². The number of rotatable bonds is 4. The average Bonchev–Trinajstić information content (AvgIpc) is 2.80. The number of halogens is 4. The number of hydrogen-bond donors (Lipinski definition) is 2. The summed E-state index contributed by atoms with van der Waals surface area (Å²) in [7, 11) is 0. The van der Waals surface area contributed by atoms with Crippen LogP contribution in [-0.4, -0.2) is 37.7 Å². The summed E-state index contributed by atoms with van der Waals surface area (Å²) in [5, 5.41) is 2.60. The van der Waals surface area contributed by atoms with Gasteiger partial charge in [-0.25, -0.2) is 9.38 Å². The van der Waals surface area contributed by atoms with Crippen LogP contribution >= 0.6 is 0 Å². The first kappa shape index (κ1) is 23.8. The molecule has 5 rings (SSSR count). The molecule has 1 saturated heterocycles. The maximum atomic E-state index is 15.8. The highest BCUT2D eigenvalue weighted by molar-refractivity contribution is 6.06. The number of benzene rings is 3. The summed E-state index contributed by atoms with van der Waals surface area (Å²) in [6.45, 7) is 3.18. The number of aryl methyl sites for hydroxylation is 1. The fraction of sp³-hybridized carbons (Fsp3) is 0.231. The second-order valence-electron chi connectivity index (χ2n) is 8.73. The van der Waals surface area contributed by atoms with Crippen molar-refractivity contribution < 1.29 is 27.1 Å². The summed E-state index contributed by atoms with van der Waals surface area (Å²) in [6, 6.07) is 12.6. The number of fused-ring (bicyclic) bond motifs is 1. The second-order valence-corrected chi connectivity index (χ2v) is 8.73. The zero-order chi connectivity index (χ0) is 25.6. The molecule has 1 amide bonds. The Hall–Kier alpha value is -3.92. The minimum atomic E-state index is -4.57. The topological polar surface area (TPSA) is 80.0 Å². The Bertz CT molecular complexity index is 1380. The number of nitrogens with two attached hydrogens (primary N) is 1. The molecule has 0 saturated carbocycles. The average molecular weight is 498 g/mol. The number of ether oxygens (including phenoxy) is 1. The van der Waals surface area contributed by atoms with Gasteiger partial charge in [-0.3, -0.25) is 4.79 Å². The van der Waals surface area contributed by atoms with E-state index in [0.717, 1.165) is 17.7 Å². The van der Waals surface area contributed by atoms with E-state index in [9.17, 15) is 18.0 Å². The van der Waals surface area contributed by atoms with Crippen molar-refractivity contribution in [3.8, 4) is 11.1 Å². The normalized spacial score (nSPS) is 15.7. The SMILES string of the molecule is Cc1ccc(NC(=O)c2cccc(C(F)(F)F)c2)cc1-c1ccc2c(c1F)C(N)=NCN2C1COC1. The van der Waals surface area contributed by atoms with Crippen molar-refractivity contribution in [2.75, 3.05) is 30.1 Å². The highest BCUT2D eigenvalue weighted by atomic mass is 19.4. The zero-order valence-electron chi connectivity index (χ0n) is 19.2. The number of carbonyl (C=O) groups is 1. The minimum absolute atomic E-state index is 0.0991. The van der Waals surface area contributed by atoms with Crippen LogP contribution in [0.15, 0.2) is 59.6 Å². The first-order valence-corrected chi connectivity index (χ1v) is 11.2. The van der Waals surface area contributed by atoms with Crippen LogP contribution in [0, 0.1) is 12.7 Å². The molecule has 0 aromatic heterocycles. The van der Waals surface area contributed by atoms with E-state index in [1.165, 1.54) is 12.1 Å². The molecule has 10 heteroatoms. The largest absolute Gasteiger partial charge is 0.416 e. The van der Waals surface area contributed by atoms with Gasteiger partial charge in [-0.2, -0.15) is 13.2 Å².